The molecule has 0 aliphatic carbocycles. The Bertz CT molecular complexity index is 557. The van der Waals surface area contributed by atoms with Gasteiger partial charge in [0.2, 0.25) is 0 Å². The first-order chi connectivity index (χ1) is 10.2. The summed E-state index contributed by atoms with van der Waals surface area (Å²) in [5.41, 5.74) is 3.71. The number of pyridine rings is 1. The highest BCUT2D eigenvalue weighted by Crippen LogP contribution is 2.24. The monoisotopic (exact) mass is 347 g/mol. The van der Waals surface area contributed by atoms with E-state index in [0.29, 0.717) is 0 Å². The number of hydrogen-bond acceptors (Lipinski definition) is 3. The fourth-order valence-corrected chi connectivity index (χ4v) is 2.68. The van der Waals surface area contributed by atoms with Crippen LogP contribution in [0.2, 0.25) is 0 Å². The van der Waals surface area contributed by atoms with Gasteiger partial charge >= 0.3 is 0 Å². The third kappa shape index (κ3) is 4.83. The maximum Gasteiger partial charge on any atom is 0.0441 e. The maximum atomic E-state index is 4.16. The van der Waals surface area contributed by atoms with Gasteiger partial charge in [-0.1, -0.05) is 35.0 Å². The highest BCUT2D eigenvalue weighted by atomic mass is 79.9. The van der Waals surface area contributed by atoms with Crippen LogP contribution in [0, 0.1) is 0 Å². The van der Waals surface area contributed by atoms with Crippen LogP contribution in [-0.4, -0.2) is 18.6 Å². The second-order valence-corrected chi connectivity index (χ2v) is 6.02. The van der Waals surface area contributed by atoms with Crippen LogP contribution in [0.15, 0.2) is 47.2 Å². The van der Waals surface area contributed by atoms with Crippen LogP contribution >= 0.6 is 15.9 Å². The zero-order valence-electron chi connectivity index (χ0n) is 12.6. The van der Waals surface area contributed by atoms with Crippen LogP contribution in [0.3, 0.4) is 0 Å². The van der Waals surface area contributed by atoms with Gasteiger partial charge in [0.05, 0.1) is 0 Å². The second kappa shape index (κ2) is 8.15. The Hall–Kier alpha value is -1.39. The summed E-state index contributed by atoms with van der Waals surface area (Å²) in [6, 6.07) is 10.6. The van der Waals surface area contributed by atoms with Crippen LogP contribution in [0.1, 0.15) is 24.5 Å². The van der Waals surface area contributed by atoms with Gasteiger partial charge in [-0.05, 0) is 42.3 Å². The van der Waals surface area contributed by atoms with E-state index in [-0.39, 0.29) is 0 Å². The molecule has 1 heterocycles. The number of rotatable bonds is 7. The summed E-state index contributed by atoms with van der Waals surface area (Å²) >= 11 is 3.67. The quantitative estimate of drug-likeness (QED) is 0.767. The Morgan fingerprint density at radius 1 is 1.29 bits per heavy atom. The molecular formula is C17H22BrN3. The van der Waals surface area contributed by atoms with Crippen molar-refractivity contribution in [2.75, 3.05) is 18.5 Å². The molecule has 0 aliphatic rings. The molecule has 1 N–H and O–H groups in total. The molecule has 112 valence electrons. The Kier molecular flexibility index (Phi) is 6.21. The minimum atomic E-state index is 0.855. The minimum absolute atomic E-state index is 0.855. The molecule has 1 aromatic heterocycles. The van der Waals surface area contributed by atoms with Crippen molar-refractivity contribution < 1.29 is 0 Å². The first kappa shape index (κ1) is 16.0. The highest BCUT2D eigenvalue weighted by Gasteiger charge is 2.06. The van der Waals surface area contributed by atoms with Gasteiger partial charge in [-0.2, -0.15) is 0 Å². The number of hydrogen-bond donors (Lipinski definition) is 1. The normalized spacial score (nSPS) is 10.6. The molecule has 1 aromatic carbocycles. The average Bonchev–Trinajstić information content (AvgIpc) is 2.50. The lowest BCUT2D eigenvalue weighted by atomic mass is 10.2. The third-order valence-electron chi connectivity index (χ3n) is 3.36. The lowest BCUT2D eigenvalue weighted by Crippen LogP contribution is -2.17. The molecule has 21 heavy (non-hydrogen) atoms. The van der Waals surface area contributed by atoms with E-state index in [1.54, 1.807) is 6.20 Å². The molecule has 0 radical (unpaired) electrons. The van der Waals surface area contributed by atoms with E-state index in [0.717, 1.165) is 30.5 Å². The molecule has 3 nitrogen and oxygen atoms in total. The molecule has 0 unspecified atom stereocenters. The molecule has 0 atom stereocenters. The summed E-state index contributed by atoms with van der Waals surface area (Å²) in [6.07, 6.45) is 4.87. The Morgan fingerprint density at radius 2 is 2.14 bits per heavy atom. The van der Waals surface area contributed by atoms with E-state index in [1.165, 1.54) is 16.8 Å². The van der Waals surface area contributed by atoms with Crippen molar-refractivity contribution in [3.63, 3.8) is 0 Å². The fourth-order valence-electron chi connectivity index (χ4n) is 2.17. The number of aromatic nitrogens is 1. The van der Waals surface area contributed by atoms with Crippen LogP contribution in [0.4, 0.5) is 5.69 Å². The molecule has 0 bridgehead atoms. The van der Waals surface area contributed by atoms with E-state index in [9.17, 15) is 0 Å². The molecule has 0 amide bonds. The van der Waals surface area contributed by atoms with Gasteiger partial charge in [0, 0.05) is 42.7 Å². The van der Waals surface area contributed by atoms with E-state index in [1.807, 2.05) is 12.3 Å². The minimum Gasteiger partial charge on any atom is -0.370 e. The summed E-state index contributed by atoms with van der Waals surface area (Å²) in [5, 5.41) is 3.43. The standard InChI is InChI=1S/C17H22BrN3/c1-3-8-19-12-15-6-7-16(10-17(15)18)21(2)13-14-5-4-9-20-11-14/h4-7,9-11,19H,3,8,12-13H2,1-2H3. The number of anilines is 1. The predicted molar refractivity (Wildman–Crippen MR) is 92.5 cm³/mol. The Morgan fingerprint density at radius 3 is 2.81 bits per heavy atom. The molecule has 0 saturated heterocycles. The van der Waals surface area contributed by atoms with Crippen molar-refractivity contribution in [2.24, 2.45) is 0 Å². The summed E-state index contributed by atoms with van der Waals surface area (Å²) < 4.78 is 1.15. The average molecular weight is 348 g/mol. The zero-order chi connectivity index (χ0) is 15.1. The molecule has 0 aliphatic heterocycles. The first-order valence-electron chi connectivity index (χ1n) is 7.30. The van der Waals surface area contributed by atoms with Crippen molar-refractivity contribution >= 4 is 21.6 Å². The van der Waals surface area contributed by atoms with Crippen molar-refractivity contribution in [3.8, 4) is 0 Å². The van der Waals surface area contributed by atoms with E-state index >= 15 is 0 Å². The molecule has 2 rings (SSSR count). The number of nitrogens with one attached hydrogen (secondary N) is 1. The van der Waals surface area contributed by atoms with Crippen LogP contribution in [-0.2, 0) is 13.1 Å². The van der Waals surface area contributed by atoms with E-state index in [4.69, 9.17) is 0 Å². The summed E-state index contributed by atoms with van der Waals surface area (Å²) in [7, 11) is 2.10. The Balaban J connectivity index is 2.01. The van der Waals surface area contributed by atoms with Crippen molar-refractivity contribution in [3.05, 3.63) is 58.3 Å². The third-order valence-corrected chi connectivity index (χ3v) is 4.10. The van der Waals surface area contributed by atoms with Crippen LogP contribution in [0.5, 0.6) is 0 Å². The second-order valence-electron chi connectivity index (χ2n) is 5.17. The number of benzene rings is 1. The fraction of sp³-hybridized carbons (Fsp3) is 0.353. The molecule has 4 heteroatoms. The van der Waals surface area contributed by atoms with Crippen LogP contribution in [0.25, 0.3) is 0 Å². The van der Waals surface area contributed by atoms with Crippen LogP contribution < -0.4 is 10.2 Å². The van der Waals surface area contributed by atoms with Gasteiger partial charge in [-0.3, -0.25) is 4.98 Å². The zero-order valence-corrected chi connectivity index (χ0v) is 14.2. The van der Waals surface area contributed by atoms with Gasteiger partial charge < -0.3 is 10.2 Å². The molecule has 0 spiro atoms. The Labute approximate surface area is 135 Å². The largest absolute Gasteiger partial charge is 0.370 e. The smallest absolute Gasteiger partial charge is 0.0441 e. The lowest BCUT2D eigenvalue weighted by molar-refractivity contribution is 0.674. The van der Waals surface area contributed by atoms with Gasteiger partial charge in [-0.15, -0.1) is 0 Å². The van der Waals surface area contributed by atoms with Gasteiger partial charge in [0.25, 0.3) is 0 Å². The molecule has 0 fully saturated rings. The van der Waals surface area contributed by atoms with Gasteiger partial charge in [-0.25, -0.2) is 0 Å². The topological polar surface area (TPSA) is 28.2 Å². The first-order valence-corrected chi connectivity index (χ1v) is 8.09. The SMILES string of the molecule is CCCNCc1ccc(N(C)Cc2cccnc2)cc1Br. The van der Waals surface area contributed by atoms with Gasteiger partial charge in [0.15, 0.2) is 0 Å². The summed E-state index contributed by atoms with van der Waals surface area (Å²) in [5.74, 6) is 0. The lowest BCUT2D eigenvalue weighted by Gasteiger charge is -2.20. The highest BCUT2D eigenvalue weighted by molar-refractivity contribution is 9.10. The molecular weight excluding hydrogens is 326 g/mol. The number of halogens is 1. The van der Waals surface area contributed by atoms with Crippen molar-refractivity contribution in [1.82, 2.24) is 10.3 Å². The number of nitrogens with zero attached hydrogens (tertiary/aromatic N) is 2. The van der Waals surface area contributed by atoms with Crippen molar-refractivity contribution in [2.45, 2.75) is 26.4 Å². The maximum absolute atomic E-state index is 4.16. The van der Waals surface area contributed by atoms with Crippen molar-refractivity contribution in [1.29, 1.82) is 0 Å². The molecule has 0 saturated carbocycles. The molecule has 2 aromatic rings. The van der Waals surface area contributed by atoms with E-state index in [2.05, 4.69) is 69.4 Å². The summed E-state index contributed by atoms with van der Waals surface area (Å²) in [4.78, 5) is 6.39. The summed E-state index contributed by atoms with van der Waals surface area (Å²) in [6.45, 7) is 4.99. The van der Waals surface area contributed by atoms with E-state index < -0.39 is 0 Å². The van der Waals surface area contributed by atoms with Gasteiger partial charge in [0.1, 0.15) is 0 Å². The predicted octanol–water partition coefficient (Wildman–Crippen LogP) is 3.98.